The number of nitrogens with zero attached hydrogens (tertiary/aromatic N) is 3. The number of pyridine rings is 1. The van der Waals surface area contributed by atoms with Gasteiger partial charge in [0, 0.05) is 31.4 Å². The van der Waals surface area contributed by atoms with Gasteiger partial charge in [0.25, 0.3) is 5.91 Å². The van der Waals surface area contributed by atoms with Crippen LogP contribution in [-0.2, 0) is 0 Å². The van der Waals surface area contributed by atoms with E-state index in [4.69, 9.17) is 5.26 Å². The van der Waals surface area contributed by atoms with Crippen molar-refractivity contribution in [2.24, 2.45) is 0 Å². The smallest absolute Gasteiger partial charge is 0.254 e. The van der Waals surface area contributed by atoms with E-state index in [0.717, 1.165) is 5.69 Å². The van der Waals surface area contributed by atoms with Crippen LogP contribution >= 0.6 is 0 Å². The molecule has 0 fully saturated rings. The first-order chi connectivity index (χ1) is 8.49. The standard InChI is InChI=1S/C13H18N4O/c1-9-7-11(8-12(15-3)16-9)13(18)17(4)10(2)5-6-14/h7-8,10H,5H2,1-4H3,(H,15,16). The number of aromatic nitrogens is 1. The zero-order valence-corrected chi connectivity index (χ0v) is 11.2. The molecule has 0 aliphatic rings. The topological polar surface area (TPSA) is 69.0 Å². The number of rotatable bonds is 4. The van der Waals surface area contributed by atoms with Crippen LogP contribution in [0.1, 0.15) is 29.4 Å². The maximum Gasteiger partial charge on any atom is 0.254 e. The molecule has 1 aromatic heterocycles. The minimum Gasteiger partial charge on any atom is -0.373 e. The molecule has 0 spiro atoms. The zero-order chi connectivity index (χ0) is 13.7. The second kappa shape index (κ2) is 6.01. The number of amides is 1. The number of nitriles is 1. The van der Waals surface area contributed by atoms with Crippen LogP contribution in [0.3, 0.4) is 0 Å². The number of aryl methyl sites for hydroxylation is 1. The molecule has 1 heterocycles. The van der Waals surface area contributed by atoms with Crippen LogP contribution in [0.2, 0.25) is 0 Å². The minimum atomic E-state index is -0.103. The molecule has 0 aliphatic heterocycles. The third-order valence-corrected chi connectivity index (χ3v) is 2.82. The van der Waals surface area contributed by atoms with E-state index >= 15 is 0 Å². The summed E-state index contributed by atoms with van der Waals surface area (Å²) < 4.78 is 0. The molecule has 0 saturated carbocycles. The van der Waals surface area contributed by atoms with Crippen LogP contribution in [0.5, 0.6) is 0 Å². The Hall–Kier alpha value is -2.09. The van der Waals surface area contributed by atoms with Crippen molar-refractivity contribution in [2.75, 3.05) is 19.4 Å². The van der Waals surface area contributed by atoms with Gasteiger partial charge in [-0.1, -0.05) is 0 Å². The van der Waals surface area contributed by atoms with Crippen molar-refractivity contribution in [2.45, 2.75) is 26.3 Å². The lowest BCUT2D eigenvalue weighted by Gasteiger charge is -2.23. The predicted molar refractivity (Wildman–Crippen MR) is 70.3 cm³/mol. The summed E-state index contributed by atoms with van der Waals surface area (Å²) in [5, 5.41) is 11.6. The van der Waals surface area contributed by atoms with E-state index in [-0.39, 0.29) is 11.9 Å². The highest BCUT2D eigenvalue weighted by Gasteiger charge is 2.18. The van der Waals surface area contributed by atoms with E-state index in [1.807, 2.05) is 13.8 Å². The molecule has 0 saturated heterocycles. The Morgan fingerprint density at radius 2 is 2.28 bits per heavy atom. The second-order valence-electron chi connectivity index (χ2n) is 4.26. The van der Waals surface area contributed by atoms with E-state index in [1.54, 1.807) is 31.1 Å². The molecule has 1 atom stereocenters. The fraction of sp³-hybridized carbons (Fsp3) is 0.462. The molecule has 1 amide bonds. The predicted octanol–water partition coefficient (Wildman–Crippen LogP) is 1.81. The number of hydrogen-bond acceptors (Lipinski definition) is 4. The van der Waals surface area contributed by atoms with Crippen molar-refractivity contribution >= 4 is 11.7 Å². The van der Waals surface area contributed by atoms with Crippen LogP contribution in [-0.4, -0.2) is 35.9 Å². The Bertz CT molecular complexity index is 478. The summed E-state index contributed by atoms with van der Waals surface area (Å²) in [6.07, 6.45) is 0.325. The summed E-state index contributed by atoms with van der Waals surface area (Å²) in [7, 11) is 3.47. The fourth-order valence-electron chi connectivity index (χ4n) is 1.59. The van der Waals surface area contributed by atoms with Crippen molar-refractivity contribution in [3.63, 3.8) is 0 Å². The highest BCUT2D eigenvalue weighted by atomic mass is 16.2. The minimum absolute atomic E-state index is 0.0975. The van der Waals surface area contributed by atoms with Crippen LogP contribution in [0.4, 0.5) is 5.82 Å². The van der Waals surface area contributed by atoms with Crippen LogP contribution in [0.15, 0.2) is 12.1 Å². The van der Waals surface area contributed by atoms with E-state index in [9.17, 15) is 4.79 Å². The van der Waals surface area contributed by atoms with Crippen LogP contribution in [0, 0.1) is 18.3 Å². The lowest BCUT2D eigenvalue weighted by molar-refractivity contribution is 0.0746. The van der Waals surface area contributed by atoms with Gasteiger partial charge in [-0.25, -0.2) is 4.98 Å². The normalized spacial score (nSPS) is 11.5. The molecule has 5 nitrogen and oxygen atoms in total. The number of anilines is 1. The SMILES string of the molecule is CNc1cc(C(=O)N(C)C(C)CC#N)cc(C)n1. The molecule has 0 aliphatic carbocycles. The van der Waals surface area contributed by atoms with Gasteiger partial charge in [-0.2, -0.15) is 5.26 Å². The summed E-state index contributed by atoms with van der Waals surface area (Å²) in [4.78, 5) is 18.1. The second-order valence-corrected chi connectivity index (χ2v) is 4.26. The van der Waals surface area contributed by atoms with Crippen LogP contribution < -0.4 is 5.32 Å². The summed E-state index contributed by atoms with van der Waals surface area (Å²) in [5.41, 5.74) is 1.37. The Morgan fingerprint density at radius 1 is 1.61 bits per heavy atom. The molecule has 96 valence electrons. The van der Waals surface area contributed by atoms with Gasteiger partial charge in [0.05, 0.1) is 12.5 Å². The molecule has 0 bridgehead atoms. The summed E-state index contributed by atoms with van der Waals surface area (Å²) >= 11 is 0. The summed E-state index contributed by atoms with van der Waals surface area (Å²) in [5.74, 6) is 0.569. The number of hydrogen-bond donors (Lipinski definition) is 1. The van der Waals surface area contributed by atoms with Gasteiger partial charge in [-0.3, -0.25) is 4.79 Å². The lowest BCUT2D eigenvalue weighted by Crippen LogP contribution is -2.34. The molecule has 0 radical (unpaired) electrons. The molecule has 1 unspecified atom stereocenters. The molecule has 1 N–H and O–H groups in total. The van der Waals surface area contributed by atoms with Gasteiger partial charge in [0.1, 0.15) is 5.82 Å². The third kappa shape index (κ3) is 3.20. The quantitative estimate of drug-likeness (QED) is 0.879. The molecular formula is C13H18N4O. The lowest BCUT2D eigenvalue weighted by atomic mass is 10.1. The van der Waals surface area contributed by atoms with Crippen LogP contribution in [0.25, 0.3) is 0 Å². The fourth-order valence-corrected chi connectivity index (χ4v) is 1.59. The molecule has 1 rings (SSSR count). The van der Waals surface area contributed by atoms with Gasteiger partial charge >= 0.3 is 0 Å². The van der Waals surface area contributed by atoms with Crippen molar-refractivity contribution in [3.8, 4) is 6.07 Å². The Morgan fingerprint density at radius 3 is 2.83 bits per heavy atom. The molecule has 0 aromatic carbocycles. The Balaban J connectivity index is 2.96. The molecule has 18 heavy (non-hydrogen) atoms. The molecule has 1 aromatic rings. The van der Waals surface area contributed by atoms with E-state index in [2.05, 4.69) is 16.4 Å². The maximum absolute atomic E-state index is 12.2. The highest BCUT2D eigenvalue weighted by molar-refractivity contribution is 5.95. The average Bonchev–Trinajstić information content (AvgIpc) is 2.36. The van der Waals surface area contributed by atoms with Crippen molar-refractivity contribution in [1.82, 2.24) is 9.88 Å². The number of carbonyl (C=O) groups excluding carboxylic acids is 1. The zero-order valence-electron chi connectivity index (χ0n) is 11.2. The number of nitrogens with one attached hydrogen (secondary N) is 1. The molecule has 5 heteroatoms. The summed E-state index contributed by atoms with van der Waals surface area (Å²) in [6.45, 7) is 3.70. The van der Waals surface area contributed by atoms with Gasteiger partial charge < -0.3 is 10.2 Å². The monoisotopic (exact) mass is 246 g/mol. The number of carbonyl (C=O) groups is 1. The first-order valence-electron chi connectivity index (χ1n) is 5.80. The van der Waals surface area contributed by atoms with Gasteiger partial charge in [0.2, 0.25) is 0 Å². The van der Waals surface area contributed by atoms with Crippen molar-refractivity contribution in [3.05, 3.63) is 23.4 Å². The van der Waals surface area contributed by atoms with E-state index in [1.165, 1.54) is 0 Å². The van der Waals surface area contributed by atoms with Crippen molar-refractivity contribution < 1.29 is 4.79 Å². The van der Waals surface area contributed by atoms with E-state index in [0.29, 0.717) is 17.8 Å². The third-order valence-electron chi connectivity index (χ3n) is 2.82. The van der Waals surface area contributed by atoms with Gasteiger partial charge in [-0.15, -0.1) is 0 Å². The van der Waals surface area contributed by atoms with Gasteiger partial charge in [0.15, 0.2) is 0 Å². The Labute approximate surface area is 107 Å². The maximum atomic E-state index is 12.2. The van der Waals surface area contributed by atoms with E-state index < -0.39 is 0 Å². The first kappa shape index (κ1) is 14.0. The summed E-state index contributed by atoms with van der Waals surface area (Å²) in [6, 6.07) is 5.43. The largest absolute Gasteiger partial charge is 0.373 e. The first-order valence-corrected chi connectivity index (χ1v) is 5.80. The van der Waals surface area contributed by atoms with Crippen molar-refractivity contribution in [1.29, 1.82) is 5.26 Å². The Kier molecular flexibility index (Phi) is 4.67. The highest BCUT2D eigenvalue weighted by Crippen LogP contribution is 2.13. The average molecular weight is 246 g/mol. The molecular weight excluding hydrogens is 228 g/mol. The van der Waals surface area contributed by atoms with Gasteiger partial charge in [-0.05, 0) is 26.0 Å².